The van der Waals surface area contributed by atoms with Gasteiger partial charge in [0.15, 0.2) is 16.9 Å². The first-order chi connectivity index (χ1) is 46.4. The second-order valence-corrected chi connectivity index (χ2v) is 24.5. The molecule has 0 bridgehead atoms. The molecule has 30 heteroatoms. The number of aliphatic hydroxyl groups is 3. The van der Waals surface area contributed by atoms with E-state index in [4.69, 9.17) is 29.2 Å². The number of nitrogens with one attached hydrogen (secondary N) is 6. The summed E-state index contributed by atoms with van der Waals surface area (Å²) in [5.41, 5.74) is 9.79. The molecule has 3 aliphatic heterocycles. The number of pyridine rings is 3. The molecule has 15 heterocycles. The van der Waals surface area contributed by atoms with Crippen molar-refractivity contribution in [2.45, 2.75) is 96.1 Å². The van der Waals surface area contributed by atoms with Crippen molar-refractivity contribution in [3.8, 4) is 33.8 Å². The van der Waals surface area contributed by atoms with Crippen molar-refractivity contribution in [3.05, 3.63) is 127 Å². The van der Waals surface area contributed by atoms with E-state index < -0.39 is 36.4 Å². The molecule has 12 aromatic heterocycles. The van der Waals surface area contributed by atoms with Crippen molar-refractivity contribution in [2.24, 2.45) is 0 Å². The van der Waals surface area contributed by atoms with Crippen LogP contribution < -0.4 is 31.9 Å². The van der Waals surface area contributed by atoms with Gasteiger partial charge >= 0.3 is 0 Å². The number of rotatable bonds is 15. The molecule has 498 valence electrons. The quantitative estimate of drug-likeness (QED) is 0.0605. The highest BCUT2D eigenvalue weighted by atomic mass is 16.5. The fourth-order valence-electron chi connectivity index (χ4n) is 12.1. The summed E-state index contributed by atoms with van der Waals surface area (Å²) in [6, 6.07) is 16.8. The minimum atomic E-state index is -0.730. The molecule has 15 rings (SSSR count). The smallest absolute Gasteiger partial charge is 0.257 e. The van der Waals surface area contributed by atoms with Crippen molar-refractivity contribution in [3.63, 3.8) is 0 Å². The lowest BCUT2D eigenvalue weighted by Gasteiger charge is -2.14. The second kappa shape index (κ2) is 26.7. The van der Waals surface area contributed by atoms with Gasteiger partial charge in [-0.1, -0.05) is 0 Å². The average Bonchev–Trinajstić information content (AvgIpc) is 1.61. The zero-order valence-corrected chi connectivity index (χ0v) is 54.3. The van der Waals surface area contributed by atoms with Gasteiger partial charge in [-0.2, -0.15) is 28.8 Å². The molecule has 30 nitrogen and oxygen atoms in total. The van der Waals surface area contributed by atoms with Crippen LogP contribution in [-0.2, 0) is 14.2 Å². The minimum Gasteiger partial charge on any atom is -0.388 e. The number of aliphatic hydroxyl groups excluding tert-OH is 3. The molecule has 0 radical (unpaired) electrons. The molecule has 2 unspecified atom stereocenters. The molecule has 3 amide bonds. The first-order valence-corrected chi connectivity index (χ1v) is 31.7. The van der Waals surface area contributed by atoms with Crippen molar-refractivity contribution in [1.29, 1.82) is 0 Å². The van der Waals surface area contributed by atoms with E-state index in [1.807, 2.05) is 73.2 Å². The van der Waals surface area contributed by atoms with E-state index in [0.717, 1.165) is 49.8 Å². The largest absolute Gasteiger partial charge is 0.388 e. The summed E-state index contributed by atoms with van der Waals surface area (Å²) in [5.74, 6) is 1.03. The number of anilines is 3. The summed E-state index contributed by atoms with van der Waals surface area (Å²) < 4.78 is 26.8. The van der Waals surface area contributed by atoms with Gasteiger partial charge in [0.1, 0.15) is 51.1 Å². The van der Waals surface area contributed by atoms with E-state index >= 15 is 0 Å². The van der Waals surface area contributed by atoms with Gasteiger partial charge in [-0.15, -0.1) is 0 Å². The Balaban J connectivity index is 0.000000130. The van der Waals surface area contributed by atoms with E-state index in [2.05, 4.69) is 117 Å². The van der Waals surface area contributed by atoms with Crippen molar-refractivity contribution in [1.82, 2.24) is 88.4 Å². The van der Waals surface area contributed by atoms with Gasteiger partial charge in [0.25, 0.3) is 17.7 Å². The summed E-state index contributed by atoms with van der Waals surface area (Å²) in [5, 5.41) is 63.8. The molecule has 0 saturated carbocycles. The number of hydrogen-bond donors (Lipinski definition) is 9. The zero-order chi connectivity index (χ0) is 67.2. The lowest BCUT2D eigenvalue weighted by molar-refractivity contribution is 0.0882. The Bertz CT molecular complexity index is 4410. The Morgan fingerprint density at radius 1 is 0.438 bits per heavy atom. The van der Waals surface area contributed by atoms with Gasteiger partial charge in [0, 0.05) is 127 Å². The SMILES string of the molecule is CNc1cc(-c2cn(C(C)C)c3ncccc23)nc2c(C(=O)NC3COC[C@H]3O)cnn12.CNc1cc(-c2cn(C(C)C)c3ncccc23)nc2c(C(=O)NC3COC[C@H]3O)cnn12.CNc1cc(-c2cn(C(C)C)c3ncccc23)nc2c(C(=O)N[C@@H]3COC[C@@H]3O)cnn12. The van der Waals surface area contributed by atoms with Crippen molar-refractivity contribution in [2.75, 3.05) is 76.7 Å². The van der Waals surface area contributed by atoms with Crippen LogP contribution in [0.1, 0.15) is 90.7 Å². The number of amides is 3. The molecule has 0 aliphatic carbocycles. The topological polar surface area (TPSA) is 356 Å². The summed E-state index contributed by atoms with van der Waals surface area (Å²) in [7, 11) is 5.39. The maximum absolute atomic E-state index is 13.0. The molecule has 9 N–H and O–H groups in total. The predicted molar refractivity (Wildman–Crippen MR) is 359 cm³/mol. The summed E-state index contributed by atoms with van der Waals surface area (Å²) >= 11 is 0. The first kappa shape index (κ1) is 64.2. The van der Waals surface area contributed by atoms with E-state index in [1.165, 1.54) is 18.6 Å². The van der Waals surface area contributed by atoms with Crippen LogP contribution >= 0.6 is 0 Å². The lowest BCUT2D eigenvalue weighted by atomic mass is 10.1. The van der Waals surface area contributed by atoms with Gasteiger partial charge in [0.2, 0.25) is 0 Å². The Kier molecular flexibility index (Phi) is 17.9. The van der Waals surface area contributed by atoms with E-state index in [1.54, 1.807) is 53.3 Å². The molecule has 12 aromatic rings. The van der Waals surface area contributed by atoms with Crippen molar-refractivity contribution < 1.29 is 43.9 Å². The van der Waals surface area contributed by atoms with Gasteiger partial charge in [-0.25, -0.2) is 29.9 Å². The van der Waals surface area contributed by atoms with Crippen LogP contribution in [0.25, 0.3) is 83.8 Å². The second-order valence-electron chi connectivity index (χ2n) is 24.5. The van der Waals surface area contributed by atoms with Crippen molar-refractivity contribution >= 4 is 85.2 Å². The number of ether oxygens (including phenoxy) is 3. The van der Waals surface area contributed by atoms with Crippen LogP contribution in [0.2, 0.25) is 0 Å². The van der Waals surface area contributed by atoms with Gasteiger partial charge in [0.05, 0.1) is 112 Å². The Hall–Kier alpha value is -10.5. The van der Waals surface area contributed by atoms with Crippen LogP contribution in [0.4, 0.5) is 17.5 Å². The standard InChI is InChI=1S/3C22H25N7O3/c3*1-12(2)28-9-15(13-5-4-6-24-20(13)28)16-7-19(23-3)29-21(26-16)14(8-25-29)22(31)27-17-10-32-11-18(17)30/h3*4-9,12,17-18,23,30H,10-11H2,1-3H3,(H,27,31)/t2*17?,18-;17-,18+/m111/s1. The third kappa shape index (κ3) is 12.0. The molecule has 3 saturated heterocycles. The Morgan fingerprint density at radius 2 is 0.719 bits per heavy atom. The summed E-state index contributed by atoms with van der Waals surface area (Å²) in [6.07, 6.45) is 13.7. The van der Waals surface area contributed by atoms with Gasteiger partial charge in [-0.05, 0) is 77.9 Å². The molecule has 96 heavy (non-hydrogen) atoms. The molecular formula is C66H75N21O9. The highest BCUT2D eigenvalue weighted by Gasteiger charge is 2.33. The Morgan fingerprint density at radius 3 is 0.958 bits per heavy atom. The molecule has 6 atom stereocenters. The zero-order valence-electron chi connectivity index (χ0n) is 54.3. The number of carbonyl (C=O) groups excluding carboxylic acids is 3. The monoisotopic (exact) mass is 1310 g/mol. The summed E-state index contributed by atoms with van der Waals surface area (Å²) in [4.78, 5) is 67.0. The number of aromatic nitrogens is 15. The van der Waals surface area contributed by atoms with Crippen LogP contribution in [0.5, 0.6) is 0 Å². The van der Waals surface area contributed by atoms with E-state index in [9.17, 15) is 29.7 Å². The van der Waals surface area contributed by atoms with Crippen LogP contribution in [0.15, 0.2) is 110 Å². The van der Waals surface area contributed by atoms with E-state index in [-0.39, 0.29) is 75.5 Å². The predicted octanol–water partition coefficient (Wildman–Crippen LogP) is 5.57. The fourth-order valence-corrected chi connectivity index (χ4v) is 12.1. The average molecular weight is 1310 g/mol. The lowest BCUT2D eigenvalue weighted by Crippen LogP contribution is -2.42. The molecule has 0 aromatic carbocycles. The molecule has 3 fully saturated rings. The Labute approximate surface area is 549 Å². The highest BCUT2D eigenvalue weighted by molar-refractivity contribution is 6.03. The van der Waals surface area contributed by atoms with Crippen LogP contribution in [-0.4, -0.2) is 203 Å². The maximum Gasteiger partial charge on any atom is 0.257 e. The number of nitrogens with zero attached hydrogens (tertiary/aromatic N) is 15. The minimum absolute atomic E-state index is 0.208. The third-order valence-electron chi connectivity index (χ3n) is 17.3. The number of carbonyl (C=O) groups is 3. The summed E-state index contributed by atoms with van der Waals surface area (Å²) in [6.45, 7) is 14.1. The van der Waals surface area contributed by atoms with Gasteiger partial charge < -0.3 is 75.1 Å². The van der Waals surface area contributed by atoms with E-state index in [0.29, 0.717) is 68.2 Å². The first-order valence-electron chi connectivity index (χ1n) is 31.7. The number of hydrogen-bond acceptors (Lipinski definition) is 21. The highest BCUT2D eigenvalue weighted by Crippen LogP contribution is 2.36. The van der Waals surface area contributed by atoms with Crippen LogP contribution in [0.3, 0.4) is 0 Å². The molecular weight excluding hydrogens is 1230 g/mol. The fraction of sp³-hybridized carbons (Fsp3) is 0.364. The maximum atomic E-state index is 13.0. The molecule has 0 spiro atoms. The third-order valence-corrected chi connectivity index (χ3v) is 17.3. The molecule has 3 aliphatic rings. The van der Waals surface area contributed by atoms with Crippen LogP contribution in [0, 0.1) is 0 Å². The van der Waals surface area contributed by atoms with Gasteiger partial charge in [-0.3, -0.25) is 14.4 Å². The normalized spacial score (nSPS) is 18.7. The number of fused-ring (bicyclic) bond motifs is 6.